The molecule has 1 aromatic carbocycles. The Bertz CT molecular complexity index is 653. The lowest BCUT2D eigenvalue weighted by molar-refractivity contribution is -0.138. The molecular formula is C13H18N2O5S. The summed E-state index contributed by atoms with van der Waals surface area (Å²) in [6.07, 6.45) is -0.444. The highest BCUT2D eigenvalue weighted by atomic mass is 32.2. The van der Waals surface area contributed by atoms with Crippen molar-refractivity contribution in [2.24, 2.45) is 0 Å². The van der Waals surface area contributed by atoms with Gasteiger partial charge in [-0.05, 0) is 24.6 Å². The van der Waals surface area contributed by atoms with Gasteiger partial charge >= 0.3 is 5.97 Å². The van der Waals surface area contributed by atoms with Crippen LogP contribution in [0.5, 0.6) is 0 Å². The molecule has 2 N–H and O–H groups in total. The number of sulfonamides is 1. The topological polar surface area (TPSA) is 104 Å². The Morgan fingerprint density at radius 1 is 1.24 bits per heavy atom. The molecule has 0 saturated carbocycles. The van der Waals surface area contributed by atoms with E-state index in [1.807, 2.05) is 0 Å². The number of carboxylic acid groups (broad SMARTS) is 1. The van der Waals surface area contributed by atoms with E-state index in [0.717, 1.165) is 4.31 Å². The van der Waals surface area contributed by atoms with Gasteiger partial charge in [-0.25, -0.2) is 12.7 Å². The van der Waals surface area contributed by atoms with Crippen LogP contribution in [0.4, 0.5) is 5.69 Å². The number of carbonyl (C=O) groups is 2. The van der Waals surface area contributed by atoms with Crippen molar-refractivity contribution in [3.8, 4) is 0 Å². The lowest BCUT2D eigenvalue weighted by Gasteiger charge is -2.14. The van der Waals surface area contributed by atoms with Crippen molar-refractivity contribution < 1.29 is 23.1 Å². The second kappa shape index (κ2) is 6.68. The molecule has 0 atom stereocenters. The molecule has 1 amide bonds. The minimum absolute atomic E-state index is 0.0617. The minimum atomic E-state index is -3.59. The standard InChI is InChI=1S/C13H18N2O5S/c1-9-4-5-10(21(19,20)15(2)3)8-11(9)14-12(16)6-7-13(17)18/h4-5,8H,6-7H2,1-3H3,(H,14,16)(H,17,18). The van der Waals surface area contributed by atoms with E-state index in [1.54, 1.807) is 13.0 Å². The number of nitrogens with one attached hydrogen (secondary N) is 1. The van der Waals surface area contributed by atoms with E-state index in [1.165, 1.54) is 26.2 Å². The molecule has 8 heteroatoms. The summed E-state index contributed by atoms with van der Waals surface area (Å²) >= 11 is 0. The number of hydrogen-bond acceptors (Lipinski definition) is 4. The summed E-state index contributed by atoms with van der Waals surface area (Å²) in [4.78, 5) is 22.1. The molecule has 0 aromatic heterocycles. The van der Waals surface area contributed by atoms with Crippen molar-refractivity contribution in [1.29, 1.82) is 0 Å². The quantitative estimate of drug-likeness (QED) is 0.816. The molecule has 0 aliphatic rings. The van der Waals surface area contributed by atoms with Crippen LogP contribution in [0.2, 0.25) is 0 Å². The van der Waals surface area contributed by atoms with Crippen LogP contribution in [0, 0.1) is 6.92 Å². The maximum atomic E-state index is 12.0. The Morgan fingerprint density at radius 3 is 2.38 bits per heavy atom. The van der Waals surface area contributed by atoms with Crippen molar-refractivity contribution in [1.82, 2.24) is 4.31 Å². The van der Waals surface area contributed by atoms with Gasteiger partial charge in [0.1, 0.15) is 0 Å². The molecule has 7 nitrogen and oxygen atoms in total. The minimum Gasteiger partial charge on any atom is -0.481 e. The van der Waals surface area contributed by atoms with Crippen LogP contribution in [-0.4, -0.2) is 43.8 Å². The fourth-order valence-electron chi connectivity index (χ4n) is 1.54. The van der Waals surface area contributed by atoms with Crippen LogP contribution >= 0.6 is 0 Å². The Labute approximate surface area is 123 Å². The summed E-state index contributed by atoms with van der Waals surface area (Å²) in [5.41, 5.74) is 1.05. The molecular weight excluding hydrogens is 296 g/mol. The van der Waals surface area contributed by atoms with Crippen molar-refractivity contribution in [3.05, 3.63) is 23.8 Å². The fraction of sp³-hybridized carbons (Fsp3) is 0.385. The number of carbonyl (C=O) groups excluding carboxylic acids is 1. The van der Waals surface area contributed by atoms with Crippen molar-refractivity contribution in [3.63, 3.8) is 0 Å². The van der Waals surface area contributed by atoms with Crippen molar-refractivity contribution in [2.75, 3.05) is 19.4 Å². The predicted octanol–water partition coefficient (Wildman–Crippen LogP) is 1.05. The first-order valence-electron chi connectivity index (χ1n) is 6.19. The van der Waals surface area contributed by atoms with E-state index in [0.29, 0.717) is 11.3 Å². The van der Waals surface area contributed by atoms with Crippen LogP contribution in [0.25, 0.3) is 0 Å². The number of benzene rings is 1. The van der Waals surface area contributed by atoms with Crippen molar-refractivity contribution in [2.45, 2.75) is 24.7 Å². The Hall–Kier alpha value is -1.93. The number of amides is 1. The molecule has 116 valence electrons. The predicted molar refractivity (Wildman–Crippen MR) is 77.6 cm³/mol. The Kier molecular flexibility index (Phi) is 5.45. The van der Waals surface area contributed by atoms with Gasteiger partial charge in [0, 0.05) is 26.2 Å². The van der Waals surface area contributed by atoms with Gasteiger partial charge in [0.05, 0.1) is 11.3 Å². The second-order valence-corrected chi connectivity index (χ2v) is 6.86. The zero-order valence-electron chi connectivity index (χ0n) is 12.1. The molecule has 21 heavy (non-hydrogen) atoms. The van der Waals surface area contributed by atoms with Gasteiger partial charge in [0.25, 0.3) is 0 Å². The lowest BCUT2D eigenvalue weighted by Crippen LogP contribution is -2.22. The molecule has 0 fully saturated rings. The molecule has 0 unspecified atom stereocenters. The monoisotopic (exact) mass is 314 g/mol. The van der Waals surface area contributed by atoms with Crippen LogP contribution in [-0.2, 0) is 19.6 Å². The smallest absolute Gasteiger partial charge is 0.303 e. The maximum absolute atomic E-state index is 12.0. The first-order chi connectivity index (χ1) is 9.64. The van der Waals surface area contributed by atoms with Crippen molar-refractivity contribution >= 4 is 27.6 Å². The molecule has 1 rings (SSSR count). The largest absolute Gasteiger partial charge is 0.481 e. The van der Waals surface area contributed by atoms with Gasteiger partial charge in [0.2, 0.25) is 15.9 Å². The number of anilines is 1. The lowest BCUT2D eigenvalue weighted by atomic mass is 10.2. The van der Waals surface area contributed by atoms with Crippen LogP contribution in [0.1, 0.15) is 18.4 Å². The first kappa shape index (κ1) is 17.1. The molecule has 0 aliphatic heterocycles. The van der Waals surface area contributed by atoms with Gasteiger partial charge in [-0.2, -0.15) is 0 Å². The third-order valence-electron chi connectivity index (χ3n) is 2.83. The SMILES string of the molecule is Cc1ccc(S(=O)(=O)N(C)C)cc1NC(=O)CCC(=O)O. The Morgan fingerprint density at radius 2 is 1.86 bits per heavy atom. The molecule has 1 aromatic rings. The van der Waals surface area contributed by atoms with Gasteiger partial charge < -0.3 is 10.4 Å². The molecule has 0 heterocycles. The van der Waals surface area contributed by atoms with Gasteiger partial charge in [-0.15, -0.1) is 0 Å². The third-order valence-corrected chi connectivity index (χ3v) is 4.64. The van der Waals surface area contributed by atoms with E-state index < -0.39 is 21.9 Å². The summed E-state index contributed by atoms with van der Waals surface area (Å²) in [6, 6.07) is 4.41. The maximum Gasteiger partial charge on any atom is 0.303 e. The molecule has 0 saturated heterocycles. The zero-order valence-corrected chi connectivity index (χ0v) is 12.9. The highest BCUT2D eigenvalue weighted by molar-refractivity contribution is 7.89. The number of hydrogen-bond donors (Lipinski definition) is 2. The third kappa shape index (κ3) is 4.54. The first-order valence-corrected chi connectivity index (χ1v) is 7.63. The summed E-state index contributed by atoms with van der Waals surface area (Å²) in [5.74, 6) is -1.54. The summed E-state index contributed by atoms with van der Waals surface area (Å²) < 4.78 is 25.1. The summed E-state index contributed by atoms with van der Waals surface area (Å²) in [5, 5.41) is 11.1. The summed E-state index contributed by atoms with van der Waals surface area (Å²) in [7, 11) is -0.756. The van der Waals surface area contributed by atoms with E-state index in [2.05, 4.69) is 5.32 Å². The number of nitrogens with zero attached hydrogens (tertiary/aromatic N) is 1. The normalized spacial score (nSPS) is 11.4. The number of aryl methyl sites for hydroxylation is 1. The Balaban J connectivity index is 2.99. The fourth-order valence-corrected chi connectivity index (χ4v) is 2.47. The average Bonchev–Trinajstić information content (AvgIpc) is 2.38. The average molecular weight is 314 g/mol. The molecule has 0 spiro atoms. The van der Waals surface area contributed by atoms with E-state index >= 15 is 0 Å². The van der Waals surface area contributed by atoms with Crippen LogP contribution in [0.3, 0.4) is 0 Å². The molecule has 0 bridgehead atoms. The molecule has 0 aliphatic carbocycles. The van der Waals surface area contributed by atoms with E-state index in [-0.39, 0.29) is 17.7 Å². The van der Waals surface area contributed by atoms with Gasteiger partial charge in [0.15, 0.2) is 0 Å². The number of rotatable bonds is 6. The van der Waals surface area contributed by atoms with Crippen LogP contribution in [0.15, 0.2) is 23.1 Å². The van der Waals surface area contributed by atoms with Gasteiger partial charge in [-0.1, -0.05) is 6.07 Å². The van der Waals surface area contributed by atoms with E-state index in [9.17, 15) is 18.0 Å². The highest BCUT2D eigenvalue weighted by Crippen LogP contribution is 2.22. The molecule has 0 radical (unpaired) electrons. The highest BCUT2D eigenvalue weighted by Gasteiger charge is 2.18. The van der Waals surface area contributed by atoms with Gasteiger partial charge in [-0.3, -0.25) is 9.59 Å². The van der Waals surface area contributed by atoms with E-state index in [4.69, 9.17) is 5.11 Å². The number of carboxylic acids is 1. The summed E-state index contributed by atoms with van der Waals surface area (Å²) in [6.45, 7) is 1.72. The number of aliphatic carboxylic acids is 1. The zero-order chi connectivity index (χ0) is 16.2. The second-order valence-electron chi connectivity index (χ2n) is 4.71. The van der Waals surface area contributed by atoms with Crippen LogP contribution < -0.4 is 5.32 Å².